The molecule has 0 aliphatic carbocycles. The summed E-state index contributed by atoms with van der Waals surface area (Å²) in [6, 6.07) is 11.8. The highest BCUT2D eigenvalue weighted by Crippen LogP contribution is 2.42. The van der Waals surface area contributed by atoms with Crippen molar-refractivity contribution in [2.24, 2.45) is 0 Å². The number of dihydropyridines is 1. The summed E-state index contributed by atoms with van der Waals surface area (Å²) in [5.41, 5.74) is 2.21. The molecule has 2 aromatic rings. The normalized spacial score (nSPS) is 16.2. The molecule has 0 unspecified atom stereocenters. The molecule has 5 rings (SSSR count). The zero-order chi connectivity index (χ0) is 33.2. The summed E-state index contributed by atoms with van der Waals surface area (Å²) in [7, 11) is 2.42. The van der Waals surface area contributed by atoms with Crippen molar-refractivity contribution < 1.29 is 38.3 Å². The number of hydrogen-bond acceptors (Lipinski definition) is 10. The molecule has 3 aliphatic heterocycles. The van der Waals surface area contributed by atoms with E-state index in [9.17, 15) is 24.5 Å². The number of nitrogens with zero attached hydrogens (tertiary/aromatic N) is 2. The van der Waals surface area contributed by atoms with E-state index in [1.807, 2.05) is 35.3 Å². The number of carbonyl (C=O) groups excluding carboxylic acids is 3. The Balaban J connectivity index is 0.000000211. The molecular weight excluding hydrogens is 594 g/mol. The number of allylic oxidation sites excluding steroid dienone is 4. The Morgan fingerprint density at radius 2 is 1.54 bits per heavy atom. The molecule has 0 saturated carbocycles. The molecule has 3 heterocycles. The largest absolute Gasteiger partial charge is 0.466 e. The van der Waals surface area contributed by atoms with Crippen molar-refractivity contribution in [2.75, 3.05) is 34.1 Å². The van der Waals surface area contributed by atoms with Crippen molar-refractivity contribution in [3.05, 3.63) is 104 Å². The molecule has 1 saturated heterocycles. The zero-order valence-corrected chi connectivity index (χ0v) is 26.2. The van der Waals surface area contributed by atoms with E-state index in [1.54, 1.807) is 32.1 Å². The number of para-hydroxylation sites is 1. The quantitative estimate of drug-likeness (QED) is 0.143. The third kappa shape index (κ3) is 7.81. The van der Waals surface area contributed by atoms with Gasteiger partial charge in [0.1, 0.15) is 0 Å². The van der Waals surface area contributed by atoms with Gasteiger partial charge in [-0.05, 0) is 50.8 Å². The van der Waals surface area contributed by atoms with Crippen LogP contribution in [0.25, 0.3) is 6.08 Å². The average Bonchev–Trinajstić information content (AvgIpc) is 3.54. The van der Waals surface area contributed by atoms with Crippen LogP contribution in [0.1, 0.15) is 50.2 Å². The topological polar surface area (TPSA) is 147 Å². The maximum Gasteiger partial charge on any atom is 0.336 e. The van der Waals surface area contributed by atoms with Gasteiger partial charge in [-0.3, -0.25) is 14.9 Å². The predicted molar refractivity (Wildman–Crippen MR) is 170 cm³/mol. The van der Waals surface area contributed by atoms with Crippen LogP contribution in [0.2, 0.25) is 0 Å². The Kier molecular flexibility index (Phi) is 11.3. The lowest BCUT2D eigenvalue weighted by atomic mass is 9.79. The SMILES string of the molecule is COC(=O)C1=C(C)NC(C)=C(C(=O)OC)C1c1ccccc1[N+](=O)[O-].O=C(C=CC=Cc1ccc2c(c1)OCO2)N1CCCCC1. The van der Waals surface area contributed by atoms with Crippen molar-refractivity contribution in [2.45, 2.75) is 39.0 Å². The number of esters is 2. The van der Waals surface area contributed by atoms with Crippen LogP contribution in [0.15, 0.2) is 83.2 Å². The number of fused-ring (bicyclic) bond motifs is 1. The highest BCUT2D eigenvalue weighted by Gasteiger charge is 2.40. The number of rotatable bonds is 7. The van der Waals surface area contributed by atoms with Crippen LogP contribution < -0.4 is 14.8 Å². The van der Waals surface area contributed by atoms with Crippen LogP contribution in [0.3, 0.4) is 0 Å². The Morgan fingerprint density at radius 3 is 2.17 bits per heavy atom. The van der Waals surface area contributed by atoms with Crippen molar-refractivity contribution in [1.82, 2.24) is 10.2 Å². The van der Waals surface area contributed by atoms with E-state index in [-0.39, 0.29) is 35.1 Å². The summed E-state index contributed by atoms with van der Waals surface area (Å²) in [6.45, 7) is 5.34. The molecular formula is C34H37N3O9. The van der Waals surface area contributed by atoms with Gasteiger partial charge in [-0.2, -0.15) is 0 Å². The first-order valence-electron chi connectivity index (χ1n) is 14.8. The number of carbonyl (C=O) groups is 3. The van der Waals surface area contributed by atoms with E-state index in [0.717, 1.165) is 43.0 Å². The minimum Gasteiger partial charge on any atom is -0.466 e. The second-order valence-electron chi connectivity index (χ2n) is 10.7. The van der Waals surface area contributed by atoms with E-state index in [0.29, 0.717) is 11.4 Å². The fraction of sp³-hybridized carbons (Fsp3) is 0.324. The predicted octanol–water partition coefficient (Wildman–Crippen LogP) is 5.17. The first kappa shape index (κ1) is 33.5. The summed E-state index contributed by atoms with van der Waals surface area (Å²) >= 11 is 0. The summed E-state index contributed by atoms with van der Waals surface area (Å²) < 4.78 is 20.3. The third-order valence-electron chi connectivity index (χ3n) is 7.72. The molecule has 0 spiro atoms. The van der Waals surface area contributed by atoms with Gasteiger partial charge in [0.2, 0.25) is 12.7 Å². The van der Waals surface area contributed by atoms with Gasteiger partial charge in [0.05, 0.1) is 36.2 Å². The highest BCUT2D eigenvalue weighted by molar-refractivity contribution is 6.00. The van der Waals surface area contributed by atoms with Crippen molar-refractivity contribution in [1.29, 1.82) is 0 Å². The Hall–Kier alpha value is -5.39. The van der Waals surface area contributed by atoms with Crippen LogP contribution in [0.5, 0.6) is 11.5 Å². The third-order valence-corrected chi connectivity index (χ3v) is 7.72. The molecule has 12 heteroatoms. The maximum atomic E-state index is 12.3. The lowest BCUT2D eigenvalue weighted by Crippen LogP contribution is -2.34. The highest BCUT2D eigenvalue weighted by atomic mass is 16.7. The minimum absolute atomic E-state index is 0.102. The lowest BCUT2D eigenvalue weighted by molar-refractivity contribution is -0.385. The number of amides is 1. The number of ether oxygens (including phenoxy) is 4. The number of benzene rings is 2. The molecule has 46 heavy (non-hydrogen) atoms. The number of nitro groups is 1. The molecule has 1 amide bonds. The number of nitrogens with one attached hydrogen (secondary N) is 1. The van der Waals surface area contributed by atoms with E-state index in [4.69, 9.17) is 18.9 Å². The molecule has 0 aromatic heterocycles. The van der Waals surface area contributed by atoms with Gasteiger partial charge in [-0.15, -0.1) is 0 Å². The molecule has 0 radical (unpaired) electrons. The zero-order valence-electron chi connectivity index (χ0n) is 26.2. The first-order valence-corrected chi connectivity index (χ1v) is 14.8. The molecule has 242 valence electrons. The number of likely N-dealkylation sites (tertiary alicyclic amines) is 1. The van der Waals surface area contributed by atoms with Crippen LogP contribution in [0, 0.1) is 10.1 Å². The average molecular weight is 632 g/mol. The number of hydrogen-bond donors (Lipinski definition) is 1. The fourth-order valence-corrected chi connectivity index (χ4v) is 5.51. The fourth-order valence-electron chi connectivity index (χ4n) is 5.51. The van der Waals surface area contributed by atoms with Gasteiger partial charge in [0.25, 0.3) is 5.69 Å². The summed E-state index contributed by atoms with van der Waals surface area (Å²) in [5, 5.41) is 14.4. The Bertz CT molecular complexity index is 1580. The van der Waals surface area contributed by atoms with Crippen molar-refractivity contribution >= 4 is 29.6 Å². The lowest BCUT2D eigenvalue weighted by Gasteiger charge is -2.29. The van der Waals surface area contributed by atoms with E-state index >= 15 is 0 Å². The van der Waals surface area contributed by atoms with Gasteiger partial charge < -0.3 is 29.2 Å². The second-order valence-corrected chi connectivity index (χ2v) is 10.7. The molecule has 3 aliphatic rings. The van der Waals surface area contributed by atoms with Gasteiger partial charge >= 0.3 is 11.9 Å². The van der Waals surface area contributed by atoms with Crippen LogP contribution in [0.4, 0.5) is 5.69 Å². The van der Waals surface area contributed by atoms with Gasteiger partial charge in [-0.25, -0.2) is 9.59 Å². The van der Waals surface area contributed by atoms with Gasteiger partial charge in [0.15, 0.2) is 11.5 Å². The van der Waals surface area contributed by atoms with Gasteiger partial charge in [0, 0.05) is 42.2 Å². The molecule has 1 N–H and O–H groups in total. The standard InChI is InChI=1S/C17H18N2O6.C17H19NO3/c1-9-13(16(20)24-3)15(14(10(2)18-9)17(21)25-4)11-7-5-6-8-12(11)19(22)23;19-17(18-10-4-1-5-11-18)7-3-2-6-14-8-9-15-16(12-14)21-13-20-15/h5-8,15,18H,1-4H3;2-3,6-9,12H,1,4-5,10-11,13H2. The second kappa shape index (κ2) is 15.6. The van der Waals surface area contributed by atoms with Crippen LogP contribution in [-0.4, -0.2) is 61.8 Å². The minimum atomic E-state index is -0.970. The van der Waals surface area contributed by atoms with E-state index in [1.165, 1.54) is 38.8 Å². The first-order chi connectivity index (χ1) is 22.2. The number of piperidine rings is 1. The molecule has 2 aromatic carbocycles. The van der Waals surface area contributed by atoms with E-state index < -0.39 is 22.8 Å². The molecule has 12 nitrogen and oxygen atoms in total. The molecule has 0 atom stereocenters. The maximum absolute atomic E-state index is 12.3. The van der Waals surface area contributed by atoms with Crippen molar-refractivity contribution in [3.63, 3.8) is 0 Å². The smallest absolute Gasteiger partial charge is 0.336 e. The van der Waals surface area contributed by atoms with Gasteiger partial charge in [-0.1, -0.05) is 42.5 Å². The monoisotopic (exact) mass is 631 g/mol. The van der Waals surface area contributed by atoms with E-state index in [2.05, 4.69) is 5.32 Å². The Labute approximate surface area is 267 Å². The molecule has 1 fully saturated rings. The number of nitro benzene ring substituents is 1. The van der Waals surface area contributed by atoms with Crippen molar-refractivity contribution in [3.8, 4) is 11.5 Å². The number of methoxy groups -OCH3 is 2. The molecule has 0 bridgehead atoms. The van der Waals surface area contributed by atoms with Crippen LogP contribution in [-0.2, 0) is 23.9 Å². The summed E-state index contributed by atoms with van der Waals surface area (Å²) in [6.07, 6.45) is 10.7. The Morgan fingerprint density at radius 1 is 0.913 bits per heavy atom. The summed E-state index contributed by atoms with van der Waals surface area (Å²) in [4.78, 5) is 49.4. The summed E-state index contributed by atoms with van der Waals surface area (Å²) in [5.74, 6) is -0.676. The van der Waals surface area contributed by atoms with Crippen LogP contribution >= 0.6 is 0 Å².